The molecule has 0 fully saturated rings. The smallest absolute Gasteiger partial charge is 0.239 e. The maximum Gasteiger partial charge on any atom is 0.239 e. The Balaban J connectivity index is 2.79. The fourth-order valence-electron chi connectivity index (χ4n) is 1.87. The number of rotatable bonds is 6. The van der Waals surface area contributed by atoms with Crippen molar-refractivity contribution in [3.63, 3.8) is 0 Å². The van der Waals surface area contributed by atoms with Gasteiger partial charge in [-0.1, -0.05) is 26.7 Å². The van der Waals surface area contributed by atoms with Crippen LogP contribution in [0, 0.1) is 11.7 Å². The molecule has 1 heterocycles. The van der Waals surface area contributed by atoms with Crippen LogP contribution in [0.15, 0.2) is 6.20 Å². The standard InChI is InChI=1S/C11H20FN5/c1-4-8(5-2)7(3)15-10-9(12)6-14-11(16-10)17-13/h6-8H,4-5,13H2,1-3H3,(H2,14,15,16,17). The Bertz CT molecular complexity index is 354. The molecular formula is C11H20FN5. The number of hydrazine groups is 1. The van der Waals surface area contributed by atoms with E-state index in [2.05, 4.69) is 34.6 Å². The molecule has 0 saturated heterocycles. The van der Waals surface area contributed by atoms with E-state index >= 15 is 0 Å². The van der Waals surface area contributed by atoms with Crippen molar-refractivity contribution in [2.24, 2.45) is 11.8 Å². The van der Waals surface area contributed by atoms with E-state index in [0.29, 0.717) is 5.92 Å². The molecule has 1 atom stereocenters. The SMILES string of the molecule is CCC(CC)C(C)Nc1nc(NN)ncc1F. The predicted octanol–water partition coefficient (Wildman–Crippen LogP) is 2.14. The molecule has 0 aliphatic heterocycles. The number of nitrogens with two attached hydrogens (primary N) is 1. The zero-order valence-corrected chi connectivity index (χ0v) is 10.5. The molecule has 1 aromatic heterocycles. The van der Waals surface area contributed by atoms with Crippen LogP contribution in [0.1, 0.15) is 33.6 Å². The highest BCUT2D eigenvalue weighted by atomic mass is 19.1. The third-order valence-electron chi connectivity index (χ3n) is 2.99. The minimum atomic E-state index is -0.471. The molecule has 0 aliphatic carbocycles. The van der Waals surface area contributed by atoms with Gasteiger partial charge in [0.15, 0.2) is 11.6 Å². The Labute approximate surface area is 101 Å². The van der Waals surface area contributed by atoms with Gasteiger partial charge in [0.2, 0.25) is 5.95 Å². The first-order chi connectivity index (χ1) is 8.12. The first-order valence-corrected chi connectivity index (χ1v) is 5.88. The second-order valence-electron chi connectivity index (χ2n) is 4.04. The number of nitrogens with one attached hydrogen (secondary N) is 2. The third-order valence-corrected chi connectivity index (χ3v) is 2.99. The van der Waals surface area contributed by atoms with Crippen LogP contribution in [-0.2, 0) is 0 Å². The molecule has 0 aliphatic rings. The normalized spacial score (nSPS) is 12.6. The van der Waals surface area contributed by atoms with E-state index in [1.165, 1.54) is 0 Å². The molecule has 0 radical (unpaired) electrons. The van der Waals surface area contributed by atoms with E-state index in [-0.39, 0.29) is 17.8 Å². The van der Waals surface area contributed by atoms with Crippen LogP contribution in [0.4, 0.5) is 16.2 Å². The summed E-state index contributed by atoms with van der Waals surface area (Å²) >= 11 is 0. The number of aromatic nitrogens is 2. The Kier molecular flexibility index (Phi) is 5.09. The fraction of sp³-hybridized carbons (Fsp3) is 0.636. The zero-order valence-electron chi connectivity index (χ0n) is 10.5. The van der Waals surface area contributed by atoms with Gasteiger partial charge in [-0.25, -0.2) is 15.2 Å². The molecule has 17 heavy (non-hydrogen) atoms. The van der Waals surface area contributed by atoms with Crippen molar-refractivity contribution in [2.75, 3.05) is 10.7 Å². The van der Waals surface area contributed by atoms with E-state index in [1.54, 1.807) is 0 Å². The summed E-state index contributed by atoms with van der Waals surface area (Å²) in [5, 5.41) is 3.07. The van der Waals surface area contributed by atoms with Crippen LogP contribution >= 0.6 is 0 Å². The molecule has 0 spiro atoms. The molecule has 0 bridgehead atoms. The van der Waals surface area contributed by atoms with Crippen molar-refractivity contribution in [2.45, 2.75) is 39.7 Å². The lowest BCUT2D eigenvalue weighted by atomic mass is 9.95. The highest BCUT2D eigenvalue weighted by Gasteiger charge is 2.16. The number of hydrogen-bond acceptors (Lipinski definition) is 5. The molecule has 1 aromatic rings. The zero-order chi connectivity index (χ0) is 12.8. The largest absolute Gasteiger partial charge is 0.365 e. The number of nitrogens with zero attached hydrogens (tertiary/aromatic N) is 2. The lowest BCUT2D eigenvalue weighted by Gasteiger charge is -2.23. The van der Waals surface area contributed by atoms with Crippen LogP contribution < -0.4 is 16.6 Å². The van der Waals surface area contributed by atoms with Gasteiger partial charge in [0, 0.05) is 6.04 Å². The van der Waals surface area contributed by atoms with E-state index in [1.807, 2.05) is 6.92 Å². The molecule has 96 valence electrons. The van der Waals surface area contributed by atoms with Gasteiger partial charge in [-0.05, 0) is 12.8 Å². The number of nitrogen functional groups attached to an aromatic ring is 1. The summed E-state index contributed by atoms with van der Waals surface area (Å²) in [6.07, 6.45) is 3.18. The average Bonchev–Trinajstić information content (AvgIpc) is 2.33. The predicted molar refractivity (Wildman–Crippen MR) is 67.0 cm³/mol. The van der Waals surface area contributed by atoms with Gasteiger partial charge in [0.25, 0.3) is 0 Å². The lowest BCUT2D eigenvalue weighted by molar-refractivity contribution is 0.435. The van der Waals surface area contributed by atoms with Crippen molar-refractivity contribution in [3.8, 4) is 0 Å². The van der Waals surface area contributed by atoms with Crippen molar-refractivity contribution >= 4 is 11.8 Å². The highest BCUT2D eigenvalue weighted by Crippen LogP contribution is 2.19. The molecule has 0 aromatic carbocycles. The highest BCUT2D eigenvalue weighted by molar-refractivity contribution is 5.41. The van der Waals surface area contributed by atoms with Crippen LogP contribution in [0.2, 0.25) is 0 Å². The molecule has 6 heteroatoms. The van der Waals surface area contributed by atoms with Gasteiger partial charge in [-0.2, -0.15) is 4.98 Å². The van der Waals surface area contributed by atoms with Gasteiger partial charge >= 0.3 is 0 Å². The third kappa shape index (κ3) is 3.52. The summed E-state index contributed by atoms with van der Waals surface area (Å²) in [4.78, 5) is 7.64. The van der Waals surface area contributed by atoms with Gasteiger partial charge in [-0.3, -0.25) is 5.43 Å². The van der Waals surface area contributed by atoms with Gasteiger partial charge < -0.3 is 5.32 Å². The van der Waals surface area contributed by atoms with E-state index in [0.717, 1.165) is 19.0 Å². The molecule has 4 N–H and O–H groups in total. The Morgan fingerprint density at radius 3 is 2.59 bits per heavy atom. The lowest BCUT2D eigenvalue weighted by Crippen LogP contribution is -2.26. The number of hydrogen-bond donors (Lipinski definition) is 3. The van der Waals surface area contributed by atoms with Crippen LogP contribution in [0.25, 0.3) is 0 Å². The minimum Gasteiger partial charge on any atom is -0.365 e. The number of halogens is 1. The van der Waals surface area contributed by atoms with Gasteiger partial charge in [0.1, 0.15) is 0 Å². The quantitative estimate of drug-likeness (QED) is 0.525. The molecule has 1 rings (SSSR count). The van der Waals surface area contributed by atoms with E-state index in [4.69, 9.17) is 5.84 Å². The first kappa shape index (κ1) is 13.6. The second-order valence-corrected chi connectivity index (χ2v) is 4.04. The second kappa shape index (κ2) is 6.34. The van der Waals surface area contributed by atoms with Crippen molar-refractivity contribution in [1.29, 1.82) is 0 Å². The van der Waals surface area contributed by atoms with Gasteiger partial charge in [-0.15, -0.1) is 0 Å². The summed E-state index contributed by atoms with van der Waals surface area (Å²) in [7, 11) is 0. The summed E-state index contributed by atoms with van der Waals surface area (Å²) in [5.41, 5.74) is 2.30. The van der Waals surface area contributed by atoms with E-state index < -0.39 is 5.82 Å². The maximum atomic E-state index is 13.5. The average molecular weight is 241 g/mol. The van der Waals surface area contributed by atoms with E-state index in [9.17, 15) is 4.39 Å². The summed E-state index contributed by atoms with van der Waals surface area (Å²) < 4.78 is 13.5. The molecule has 0 amide bonds. The summed E-state index contributed by atoms with van der Waals surface area (Å²) in [6.45, 7) is 6.26. The Morgan fingerprint density at radius 2 is 2.06 bits per heavy atom. The molecule has 0 saturated carbocycles. The first-order valence-electron chi connectivity index (χ1n) is 5.88. The Morgan fingerprint density at radius 1 is 1.41 bits per heavy atom. The molecular weight excluding hydrogens is 221 g/mol. The van der Waals surface area contributed by atoms with Crippen molar-refractivity contribution in [3.05, 3.63) is 12.0 Å². The maximum absolute atomic E-state index is 13.5. The van der Waals surface area contributed by atoms with Gasteiger partial charge in [0.05, 0.1) is 6.20 Å². The van der Waals surface area contributed by atoms with Crippen molar-refractivity contribution in [1.82, 2.24) is 9.97 Å². The van der Waals surface area contributed by atoms with Crippen LogP contribution in [0.3, 0.4) is 0 Å². The molecule has 1 unspecified atom stereocenters. The monoisotopic (exact) mass is 241 g/mol. The van der Waals surface area contributed by atoms with Crippen molar-refractivity contribution < 1.29 is 4.39 Å². The molecule has 5 nitrogen and oxygen atoms in total. The summed E-state index contributed by atoms with van der Waals surface area (Å²) in [6, 6.07) is 0.153. The Hall–Kier alpha value is -1.43. The minimum absolute atomic E-state index is 0.153. The topological polar surface area (TPSA) is 75.9 Å². The number of anilines is 2. The van der Waals surface area contributed by atoms with Crippen LogP contribution in [-0.4, -0.2) is 16.0 Å². The van der Waals surface area contributed by atoms with Crippen LogP contribution in [0.5, 0.6) is 0 Å². The fourth-order valence-corrected chi connectivity index (χ4v) is 1.87. The summed E-state index contributed by atoms with van der Waals surface area (Å²) in [5.74, 6) is 5.59.